The molecule has 138 valence electrons. The van der Waals surface area contributed by atoms with Gasteiger partial charge in [-0.15, -0.1) is 0 Å². The Labute approximate surface area is 154 Å². The van der Waals surface area contributed by atoms with Crippen molar-refractivity contribution in [2.24, 2.45) is 0 Å². The van der Waals surface area contributed by atoms with E-state index in [-0.39, 0.29) is 23.5 Å². The summed E-state index contributed by atoms with van der Waals surface area (Å²) < 4.78 is 13.1. The van der Waals surface area contributed by atoms with Gasteiger partial charge in [0.1, 0.15) is 11.5 Å². The van der Waals surface area contributed by atoms with Crippen molar-refractivity contribution < 1.29 is 18.9 Å². The summed E-state index contributed by atoms with van der Waals surface area (Å²) in [5.74, 6) is -1.38. The van der Waals surface area contributed by atoms with Crippen molar-refractivity contribution in [2.75, 3.05) is 11.9 Å². The smallest absolute Gasteiger partial charge is 0.278 e. The van der Waals surface area contributed by atoms with Crippen LogP contribution in [0.15, 0.2) is 54.2 Å². The number of rotatable bonds is 6. The molecule has 0 spiro atoms. The number of carbonyl (C=O) groups is 2. The second-order valence-electron chi connectivity index (χ2n) is 5.95. The van der Waals surface area contributed by atoms with Crippen LogP contribution in [0.2, 0.25) is 0 Å². The molecule has 1 aliphatic rings. The van der Waals surface area contributed by atoms with Crippen molar-refractivity contribution in [3.05, 3.63) is 75.7 Å². The second kappa shape index (κ2) is 7.36. The first kappa shape index (κ1) is 18.2. The molecule has 1 aliphatic heterocycles. The molecule has 8 heteroatoms. The van der Waals surface area contributed by atoms with Gasteiger partial charge >= 0.3 is 0 Å². The van der Waals surface area contributed by atoms with E-state index in [1.54, 1.807) is 0 Å². The van der Waals surface area contributed by atoms with Crippen LogP contribution < -0.4 is 5.32 Å². The van der Waals surface area contributed by atoms with Gasteiger partial charge in [0.25, 0.3) is 17.5 Å². The molecule has 2 aromatic rings. The third-order valence-electron chi connectivity index (χ3n) is 4.10. The maximum Gasteiger partial charge on any atom is 0.278 e. The first-order chi connectivity index (χ1) is 12.9. The minimum Gasteiger partial charge on any atom is -0.350 e. The molecule has 0 aliphatic carbocycles. The minimum atomic E-state index is -0.541. The Bertz CT molecular complexity index is 936. The predicted octanol–water partition coefficient (Wildman–Crippen LogP) is 3.34. The summed E-state index contributed by atoms with van der Waals surface area (Å²) in [7, 11) is 0. The van der Waals surface area contributed by atoms with E-state index in [1.807, 2.05) is 6.92 Å². The predicted molar refractivity (Wildman–Crippen MR) is 97.1 cm³/mol. The van der Waals surface area contributed by atoms with E-state index in [1.165, 1.54) is 48.5 Å². The summed E-state index contributed by atoms with van der Waals surface area (Å²) in [5.41, 5.74) is 0.920. The number of hydrogen-bond acceptors (Lipinski definition) is 5. The van der Waals surface area contributed by atoms with E-state index in [0.717, 1.165) is 4.90 Å². The highest BCUT2D eigenvalue weighted by atomic mass is 19.1. The van der Waals surface area contributed by atoms with E-state index in [4.69, 9.17) is 0 Å². The molecule has 1 heterocycles. The Kier molecular flexibility index (Phi) is 4.98. The lowest BCUT2D eigenvalue weighted by Gasteiger charge is -2.13. The van der Waals surface area contributed by atoms with Crippen molar-refractivity contribution in [3.8, 4) is 0 Å². The Balaban J connectivity index is 2.05. The number of non-ortho nitro benzene ring substituents is 1. The van der Waals surface area contributed by atoms with E-state index in [0.29, 0.717) is 17.7 Å². The molecule has 7 nitrogen and oxygen atoms in total. The van der Waals surface area contributed by atoms with Crippen LogP contribution in [0, 0.1) is 15.9 Å². The zero-order valence-electron chi connectivity index (χ0n) is 14.4. The number of carbonyl (C=O) groups excluding carboxylic acids is 2. The van der Waals surface area contributed by atoms with Gasteiger partial charge in [0.15, 0.2) is 0 Å². The van der Waals surface area contributed by atoms with Gasteiger partial charge in [-0.2, -0.15) is 0 Å². The van der Waals surface area contributed by atoms with Crippen molar-refractivity contribution in [1.29, 1.82) is 0 Å². The normalized spacial score (nSPS) is 14.1. The molecule has 0 fully saturated rings. The Morgan fingerprint density at radius 1 is 1.04 bits per heavy atom. The van der Waals surface area contributed by atoms with Crippen LogP contribution in [0.3, 0.4) is 0 Å². The van der Waals surface area contributed by atoms with Gasteiger partial charge in [0.2, 0.25) is 0 Å². The molecule has 27 heavy (non-hydrogen) atoms. The van der Waals surface area contributed by atoms with Gasteiger partial charge in [-0.25, -0.2) is 4.39 Å². The highest BCUT2D eigenvalue weighted by Crippen LogP contribution is 2.31. The molecule has 1 N–H and O–H groups in total. The maximum absolute atomic E-state index is 13.1. The average molecular weight is 369 g/mol. The number of nitrogens with zero attached hydrogens (tertiary/aromatic N) is 2. The van der Waals surface area contributed by atoms with Crippen LogP contribution in [0.25, 0.3) is 5.57 Å². The first-order valence-electron chi connectivity index (χ1n) is 8.30. The standard InChI is InChI=1S/C19H16FN3O4/c1-2-11-22-18(24)16(12-3-9-15(10-4-12)23(26)27)17(19(22)25)21-14-7-5-13(20)6-8-14/h3-10,21H,2,11H2,1H3. The number of nitro groups is 1. The summed E-state index contributed by atoms with van der Waals surface area (Å²) >= 11 is 0. The molecule has 3 rings (SSSR count). The fraction of sp³-hybridized carbons (Fsp3) is 0.158. The van der Waals surface area contributed by atoms with Crippen molar-refractivity contribution >= 4 is 28.8 Å². The first-order valence-corrected chi connectivity index (χ1v) is 8.30. The number of nitrogens with one attached hydrogen (secondary N) is 1. The fourth-order valence-corrected chi connectivity index (χ4v) is 2.81. The Morgan fingerprint density at radius 2 is 1.67 bits per heavy atom. The molecule has 0 atom stereocenters. The SMILES string of the molecule is CCCN1C(=O)C(Nc2ccc(F)cc2)=C(c2ccc([N+](=O)[O-])cc2)C1=O. The molecule has 2 amide bonds. The van der Waals surface area contributed by atoms with Crippen LogP contribution in [0.5, 0.6) is 0 Å². The van der Waals surface area contributed by atoms with Gasteiger partial charge < -0.3 is 5.32 Å². The molecule has 2 aromatic carbocycles. The summed E-state index contributed by atoms with van der Waals surface area (Å²) in [4.78, 5) is 37.0. The van der Waals surface area contributed by atoms with Gasteiger partial charge in [0.05, 0.1) is 10.5 Å². The lowest BCUT2D eigenvalue weighted by Crippen LogP contribution is -2.33. The van der Waals surface area contributed by atoms with Crippen LogP contribution in [-0.2, 0) is 9.59 Å². The van der Waals surface area contributed by atoms with Gasteiger partial charge in [0, 0.05) is 24.4 Å². The number of amides is 2. The van der Waals surface area contributed by atoms with E-state index < -0.39 is 22.6 Å². The molecule has 0 aromatic heterocycles. The summed E-state index contributed by atoms with van der Waals surface area (Å²) in [6.07, 6.45) is 0.592. The number of imide groups is 1. The minimum absolute atomic E-state index is 0.0638. The van der Waals surface area contributed by atoms with E-state index >= 15 is 0 Å². The molecule has 0 bridgehead atoms. The fourth-order valence-electron chi connectivity index (χ4n) is 2.81. The van der Waals surface area contributed by atoms with E-state index in [9.17, 15) is 24.1 Å². The Hall–Kier alpha value is -3.55. The molecule has 0 saturated heterocycles. The number of halogens is 1. The van der Waals surface area contributed by atoms with Gasteiger partial charge in [-0.05, 0) is 48.4 Å². The van der Waals surface area contributed by atoms with Crippen LogP contribution >= 0.6 is 0 Å². The third kappa shape index (κ3) is 3.55. The third-order valence-corrected chi connectivity index (χ3v) is 4.10. The van der Waals surface area contributed by atoms with Crippen LogP contribution in [0.4, 0.5) is 15.8 Å². The average Bonchev–Trinajstić information content (AvgIpc) is 2.88. The van der Waals surface area contributed by atoms with Crippen molar-refractivity contribution in [1.82, 2.24) is 4.90 Å². The zero-order chi connectivity index (χ0) is 19.6. The summed E-state index contributed by atoms with van der Waals surface area (Å²) in [6.45, 7) is 2.10. The quantitative estimate of drug-likeness (QED) is 0.479. The maximum atomic E-state index is 13.1. The molecular weight excluding hydrogens is 353 g/mol. The second-order valence-corrected chi connectivity index (χ2v) is 5.95. The highest BCUT2D eigenvalue weighted by Gasteiger charge is 2.38. The number of anilines is 1. The zero-order valence-corrected chi connectivity index (χ0v) is 14.4. The van der Waals surface area contributed by atoms with Crippen LogP contribution in [0.1, 0.15) is 18.9 Å². The molecule has 0 radical (unpaired) electrons. The molecular formula is C19H16FN3O4. The monoisotopic (exact) mass is 369 g/mol. The number of hydrogen-bond donors (Lipinski definition) is 1. The molecule has 0 saturated carbocycles. The summed E-state index contributed by atoms with van der Waals surface area (Å²) in [5, 5.41) is 13.7. The number of benzene rings is 2. The number of nitro benzene ring substituents is 1. The van der Waals surface area contributed by atoms with E-state index in [2.05, 4.69) is 5.32 Å². The lowest BCUT2D eigenvalue weighted by molar-refractivity contribution is -0.384. The topological polar surface area (TPSA) is 92.6 Å². The lowest BCUT2D eigenvalue weighted by atomic mass is 10.0. The van der Waals surface area contributed by atoms with Gasteiger partial charge in [-0.1, -0.05) is 6.92 Å². The molecule has 0 unspecified atom stereocenters. The van der Waals surface area contributed by atoms with Crippen molar-refractivity contribution in [3.63, 3.8) is 0 Å². The van der Waals surface area contributed by atoms with Gasteiger partial charge in [-0.3, -0.25) is 24.6 Å². The Morgan fingerprint density at radius 3 is 2.22 bits per heavy atom. The summed E-state index contributed by atoms with van der Waals surface area (Å²) in [6, 6.07) is 10.8. The highest BCUT2D eigenvalue weighted by molar-refractivity contribution is 6.36. The van der Waals surface area contributed by atoms with Crippen LogP contribution in [-0.4, -0.2) is 28.2 Å². The largest absolute Gasteiger partial charge is 0.350 e. The van der Waals surface area contributed by atoms with Crippen molar-refractivity contribution in [2.45, 2.75) is 13.3 Å².